The molecule has 0 spiro atoms. The second kappa shape index (κ2) is 5.36. The second-order valence-corrected chi connectivity index (χ2v) is 4.88. The molecule has 0 fully saturated rings. The van der Waals surface area contributed by atoms with Crippen LogP contribution >= 0.6 is 11.3 Å². The van der Waals surface area contributed by atoms with E-state index in [1.165, 1.54) is 35.9 Å². The summed E-state index contributed by atoms with van der Waals surface area (Å²) < 4.78 is 27.1. The third-order valence-electron chi connectivity index (χ3n) is 2.43. The van der Waals surface area contributed by atoms with Crippen LogP contribution in [0.2, 0.25) is 0 Å². The summed E-state index contributed by atoms with van der Waals surface area (Å²) in [5.74, 6) is -3.02. The first-order valence-electron chi connectivity index (χ1n) is 5.43. The summed E-state index contributed by atoms with van der Waals surface area (Å²) in [5.41, 5.74) is 0.305. The zero-order valence-electron chi connectivity index (χ0n) is 9.85. The number of hydrogen-bond acceptors (Lipinski definition) is 4. The molecular formula is C13H10F2N2OS. The van der Waals surface area contributed by atoms with E-state index in [9.17, 15) is 13.6 Å². The summed E-state index contributed by atoms with van der Waals surface area (Å²) in [6.07, 6.45) is 4.17. The Bertz CT molecular complexity index is 593. The molecule has 2 aromatic rings. The van der Waals surface area contributed by atoms with E-state index in [2.05, 4.69) is 16.5 Å². The summed E-state index contributed by atoms with van der Waals surface area (Å²) in [7, 11) is 0. The number of rotatable bonds is 5. The number of aromatic nitrogens is 2. The Labute approximate surface area is 112 Å². The van der Waals surface area contributed by atoms with E-state index in [0.717, 1.165) is 6.08 Å². The fourth-order valence-corrected chi connectivity index (χ4v) is 2.22. The average molecular weight is 280 g/mol. The maximum Gasteiger partial charge on any atom is 0.293 e. The predicted octanol–water partition coefficient (Wildman–Crippen LogP) is 3.69. The van der Waals surface area contributed by atoms with E-state index in [1.54, 1.807) is 0 Å². The van der Waals surface area contributed by atoms with Crippen LogP contribution in [-0.4, -0.2) is 16.3 Å². The van der Waals surface area contributed by atoms with Gasteiger partial charge in [0.1, 0.15) is 10.7 Å². The molecule has 2 heterocycles. The largest absolute Gasteiger partial charge is 0.297 e. The maximum atomic E-state index is 13.6. The van der Waals surface area contributed by atoms with Crippen molar-refractivity contribution in [3.8, 4) is 10.6 Å². The van der Waals surface area contributed by atoms with Gasteiger partial charge in [-0.2, -0.15) is 8.78 Å². The molecule has 0 unspecified atom stereocenters. The van der Waals surface area contributed by atoms with Crippen LogP contribution in [0, 0.1) is 0 Å². The smallest absolute Gasteiger partial charge is 0.293 e. The van der Waals surface area contributed by atoms with Crippen molar-refractivity contribution in [1.29, 1.82) is 0 Å². The van der Waals surface area contributed by atoms with Crippen molar-refractivity contribution in [3.63, 3.8) is 0 Å². The standard InChI is InChI=1S/C13H10F2N2OS/c1-2-5-13(14,15)11-4-3-9(6-16-11)12-17-7-10(8-18)19-12/h2-4,6-8H,1,5H2. The first kappa shape index (κ1) is 13.5. The van der Waals surface area contributed by atoms with Crippen LogP contribution in [0.15, 0.2) is 37.2 Å². The van der Waals surface area contributed by atoms with Crippen LogP contribution in [0.4, 0.5) is 8.78 Å². The van der Waals surface area contributed by atoms with Crippen LogP contribution in [0.25, 0.3) is 10.6 Å². The third-order valence-corrected chi connectivity index (χ3v) is 3.40. The first-order valence-corrected chi connectivity index (χ1v) is 6.25. The maximum absolute atomic E-state index is 13.6. The highest BCUT2D eigenvalue weighted by atomic mass is 32.1. The highest BCUT2D eigenvalue weighted by Gasteiger charge is 2.31. The van der Waals surface area contributed by atoms with Crippen molar-refractivity contribution >= 4 is 17.6 Å². The van der Waals surface area contributed by atoms with Crippen LogP contribution in [0.5, 0.6) is 0 Å². The Balaban J connectivity index is 2.27. The van der Waals surface area contributed by atoms with E-state index in [1.807, 2.05) is 0 Å². The van der Waals surface area contributed by atoms with Gasteiger partial charge in [0.15, 0.2) is 6.29 Å². The molecule has 0 aliphatic rings. The molecule has 0 amide bonds. The number of halogens is 2. The minimum Gasteiger partial charge on any atom is -0.297 e. The van der Waals surface area contributed by atoms with Gasteiger partial charge in [-0.1, -0.05) is 6.08 Å². The minimum atomic E-state index is -3.02. The van der Waals surface area contributed by atoms with Crippen molar-refractivity contribution in [2.24, 2.45) is 0 Å². The van der Waals surface area contributed by atoms with Crippen molar-refractivity contribution in [2.75, 3.05) is 0 Å². The molecular weight excluding hydrogens is 270 g/mol. The molecule has 0 saturated carbocycles. The van der Waals surface area contributed by atoms with Crippen molar-refractivity contribution in [2.45, 2.75) is 12.3 Å². The number of pyridine rings is 1. The molecule has 3 nitrogen and oxygen atoms in total. The topological polar surface area (TPSA) is 42.9 Å². The number of thiazole rings is 1. The quantitative estimate of drug-likeness (QED) is 0.619. The second-order valence-electron chi connectivity index (χ2n) is 3.81. The van der Waals surface area contributed by atoms with Gasteiger partial charge in [0.2, 0.25) is 0 Å². The van der Waals surface area contributed by atoms with Gasteiger partial charge in [0.25, 0.3) is 5.92 Å². The highest BCUT2D eigenvalue weighted by molar-refractivity contribution is 7.16. The van der Waals surface area contributed by atoms with Gasteiger partial charge in [-0.25, -0.2) is 4.98 Å². The Morgan fingerprint density at radius 2 is 2.11 bits per heavy atom. The number of aldehydes is 1. The van der Waals surface area contributed by atoms with Gasteiger partial charge in [-0.3, -0.25) is 9.78 Å². The zero-order valence-corrected chi connectivity index (χ0v) is 10.7. The fourth-order valence-electron chi connectivity index (χ4n) is 1.50. The van der Waals surface area contributed by atoms with Gasteiger partial charge < -0.3 is 0 Å². The first-order chi connectivity index (χ1) is 9.06. The lowest BCUT2D eigenvalue weighted by Gasteiger charge is -2.13. The van der Waals surface area contributed by atoms with Gasteiger partial charge in [-0.05, 0) is 12.1 Å². The lowest BCUT2D eigenvalue weighted by molar-refractivity contribution is -0.00538. The molecule has 0 atom stereocenters. The predicted molar refractivity (Wildman–Crippen MR) is 69.4 cm³/mol. The van der Waals surface area contributed by atoms with Crippen LogP contribution in [-0.2, 0) is 5.92 Å². The zero-order chi connectivity index (χ0) is 13.9. The van der Waals surface area contributed by atoms with Gasteiger partial charge >= 0.3 is 0 Å². The SMILES string of the molecule is C=CCC(F)(F)c1ccc(-c2ncc(C=O)s2)cn1. The molecule has 2 rings (SSSR count). The summed E-state index contributed by atoms with van der Waals surface area (Å²) in [5, 5.41) is 0.577. The summed E-state index contributed by atoms with van der Waals surface area (Å²) in [6, 6.07) is 2.79. The van der Waals surface area contributed by atoms with E-state index >= 15 is 0 Å². The van der Waals surface area contributed by atoms with Gasteiger partial charge in [0.05, 0.1) is 4.88 Å². The summed E-state index contributed by atoms with van der Waals surface area (Å²) in [4.78, 5) is 18.8. The van der Waals surface area contributed by atoms with E-state index in [-0.39, 0.29) is 5.69 Å². The van der Waals surface area contributed by atoms with E-state index in [0.29, 0.717) is 21.7 Å². The van der Waals surface area contributed by atoms with Crippen LogP contribution < -0.4 is 0 Å². The Kier molecular flexibility index (Phi) is 3.80. The fraction of sp³-hybridized carbons (Fsp3) is 0.154. The van der Waals surface area contributed by atoms with Crippen molar-refractivity contribution < 1.29 is 13.6 Å². The molecule has 6 heteroatoms. The monoisotopic (exact) mass is 280 g/mol. The molecule has 98 valence electrons. The number of carbonyl (C=O) groups is 1. The minimum absolute atomic E-state index is 0.302. The molecule has 0 N–H and O–H groups in total. The van der Waals surface area contributed by atoms with Gasteiger partial charge in [-0.15, -0.1) is 17.9 Å². The number of hydrogen-bond donors (Lipinski definition) is 0. The number of alkyl halides is 2. The van der Waals surface area contributed by atoms with Crippen molar-refractivity contribution in [1.82, 2.24) is 9.97 Å². The molecule has 2 aromatic heterocycles. The van der Waals surface area contributed by atoms with Crippen LogP contribution in [0.3, 0.4) is 0 Å². The molecule has 0 aliphatic heterocycles. The average Bonchev–Trinajstić information content (AvgIpc) is 2.87. The molecule has 0 aliphatic carbocycles. The molecule has 0 bridgehead atoms. The summed E-state index contributed by atoms with van der Waals surface area (Å²) in [6.45, 7) is 3.30. The van der Waals surface area contributed by atoms with E-state index < -0.39 is 12.3 Å². The third kappa shape index (κ3) is 2.90. The van der Waals surface area contributed by atoms with E-state index in [4.69, 9.17) is 0 Å². The normalized spacial score (nSPS) is 11.3. The van der Waals surface area contributed by atoms with Crippen molar-refractivity contribution in [3.05, 3.63) is 47.8 Å². The molecule has 0 radical (unpaired) electrons. The van der Waals surface area contributed by atoms with Crippen LogP contribution in [0.1, 0.15) is 21.8 Å². The molecule has 0 aromatic carbocycles. The number of carbonyl (C=O) groups excluding carboxylic acids is 1. The number of allylic oxidation sites excluding steroid dienone is 1. The molecule has 19 heavy (non-hydrogen) atoms. The highest BCUT2D eigenvalue weighted by Crippen LogP contribution is 2.32. The lowest BCUT2D eigenvalue weighted by atomic mass is 10.1. The summed E-state index contributed by atoms with van der Waals surface area (Å²) >= 11 is 1.19. The lowest BCUT2D eigenvalue weighted by Crippen LogP contribution is -2.13. The Morgan fingerprint density at radius 3 is 2.63 bits per heavy atom. The Hall–Kier alpha value is -1.95. The van der Waals surface area contributed by atoms with Gasteiger partial charge in [0, 0.05) is 24.4 Å². The number of nitrogens with zero attached hydrogens (tertiary/aromatic N) is 2. The Morgan fingerprint density at radius 1 is 1.32 bits per heavy atom. The molecule has 0 saturated heterocycles.